The maximum Gasteiger partial charge on any atom is 0.314 e. The van der Waals surface area contributed by atoms with Crippen molar-refractivity contribution in [1.82, 2.24) is 10.6 Å². The molecule has 3 N–H and O–H groups in total. The Morgan fingerprint density at radius 2 is 2.15 bits per heavy atom. The zero-order valence-electron chi connectivity index (χ0n) is 11.5. The van der Waals surface area contributed by atoms with E-state index in [1.165, 1.54) is 12.1 Å². The van der Waals surface area contributed by atoms with Crippen molar-refractivity contribution in [2.75, 3.05) is 13.1 Å². The number of urea groups is 1. The lowest BCUT2D eigenvalue weighted by molar-refractivity contribution is -0.0290. The summed E-state index contributed by atoms with van der Waals surface area (Å²) in [5, 5.41) is 15.2. The molecule has 0 aliphatic heterocycles. The summed E-state index contributed by atoms with van der Waals surface area (Å²) in [4.78, 5) is 11.5. The number of carbonyl (C=O) groups excluding carboxylic acids is 1. The first kappa shape index (κ1) is 14.8. The molecule has 0 radical (unpaired) electrons. The van der Waals surface area contributed by atoms with Crippen LogP contribution in [-0.2, 0) is 6.42 Å². The van der Waals surface area contributed by atoms with E-state index in [2.05, 4.69) is 10.6 Å². The number of hydrogen-bond donors (Lipinski definition) is 3. The van der Waals surface area contributed by atoms with Crippen molar-refractivity contribution in [3.8, 4) is 0 Å². The van der Waals surface area contributed by atoms with Crippen LogP contribution in [0.1, 0.15) is 31.2 Å². The Bertz CT molecular complexity index is 461. The molecule has 110 valence electrons. The largest absolute Gasteiger partial charge is 0.388 e. The highest BCUT2D eigenvalue weighted by molar-refractivity contribution is 5.73. The van der Waals surface area contributed by atoms with Crippen molar-refractivity contribution < 1.29 is 14.3 Å². The van der Waals surface area contributed by atoms with Gasteiger partial charge in [-0.05, 0) is 49.8 Å². The predicted octanol–water partition coefficient (Wildman–Crippen LogP) is 1.97. The Kier molecular flexibility index (Phi) is 4.95. The van der Waals surface area contributed by atoms with Crippen molar-refractivity contribution in [2.45, 2.75) is 37.7 Å². The molecule has 2 rings (SSSR count). The Morgan fingerprint density at radius 1 is 1.35 bits per heavy atom. The number of nitrogens with one attached hydrogen (secondary N) is 2. The van der Waals surface area contributed by atoms with E-state index in [1.807, 2.05) is 6.07 Å². The molecule has 1 aliphatic rings. The molecular formula is C15H21FN2O2. The SMILES string of the molecule is O=C(NCCCc1cccc(F)c1)NCC1(O)CCC1. The van der Waals surface area contributed by atoms with Crippen LogP contribution in [0.3, 0.4) is 0 Å². The third-order valence-electron chi connectivity index (χ3n) is 3.68. The molecule has 2 amide bonds. The Labute approximate surface area is 118 Å². The number of halogens is 1. The molecule has 1 saturated carbocycles. The van der Waals surface area contributed by atoms with E-state index < -0.39 is 5.60 Å². The van der Waals surface area contributed by atoms with E-state index >= 15 is 0 Å². The summed E-state index contributed by atoms with van der Waals surface area (Å²) in [6.07, 6.45) is 4.01. The summed E-state index contributed by atoms with van der Waals surface area (Å²) in [5.74, 6) is -0.234. The van der Waals surface area contributed by atoms with E-state index in [0.717, 1.165) is 37.7 Å². The summed E-state index contributed by atoms with van der Waals surface area (Å²) >= 11 is 0. The number of aliphatic hydroxyl groups is 1. The first-order chi connectivity index (χ1) is 9.57. The van der Waals surface area contributed by atoms with Gasteiger partial charge in [0.2, 0.25) is 0 Å². The molecule has 0 aromatic heterocycles. The molecule has 0 heterocycles. The number of rotatable bonds is 6. The fourth-order valence-electron chi connectivity index (χ4n) is 2.26. The van der Waals surface area contributed by atoms with Crippen molar-refractivity contribution in [3.63, 3.8) is 0 Å². The van der Waals surface area contributed by atoms with E-state index in [9.17, 15) is 14.3 Å². The molecule has 1 aliphatic carbocycles. The summed E-state index contributed by atoms with van der Waals surface area (Å²) < 4.78 is 13.0. The normalized spacial score (nSPS) is 16.3. The lowest BCUT2D eigenvalue weighted by Gasteiger charge is -2.36. The van der Waals surface area contributed by atoms with Crippen LogP contribution < -0.4 is 10.6 Å². The summed E-state index contributed by atoms with van der Waals surface area (Å²) in [6.45, 7) is 0.837. The minimum Gasteiger partial charge on any atom is -0.388 e. The van der Waals surface area contributed by atoms with Gasteiger partial charge < -0.3 is 15.7 Å². The first-order valence-electron chi connectivity index (χ1n) is 7.06. The quantitative estimate of drug-likeness (QED) is 0.698. The van der Waals surface area contributed by atoms with E-state index in [4.69, 9.17) is 0 Å². The topological polar surface area (TPSA) is 61.4 Å². The molecule has 1 fully saturated rings. The number of aryl methyl sites for hydroxylation is 1. The highest BCUT2D eigenvalue weighted by Crippen LogP contribution is 2.30. The molecular weight excluding hydrogens is 259 g/mol. The van der Waals surface area contributed by atoms with E-state index in [-0.39, 0.29) is 11.8 Å². The van der Waals surface area contributed by atoms with Crippen molar-refractivity contribution >= 4 is 6.03 Å². The Morgan fingerprint density at radius 3 is 2.80 bits per heavy atom. The highest BCUT2D eigenvalue weighted by Gasteiger charge is 2.34. The molecule has 1 aromatic rings. The second-order valence-corrected chi connectivity index (χ2v) is 5.42. The maximum atomic E-state index is 13.0. The van der Waals surface area contributed by atoms with Crippen LogP contribution >= 0.6 is 0 Å². The van der Waals surface area contributed by atoms with Crippen molar-refractivity contribution in [1.29, 1.82) is 0 Å². The zero-order chi connectivity index (χ0) is 14.4. The monoisotopic (exact) mass is 280 g/mol. The molecule has 20 heavy (non-hydrogen) atoms. The van der Waals surface area contributed by atoms with Gasteiger partial charge in [0.15, 0.2) is 0 Å². The molecule has 0 saturated heterocycles. The smallest absolute Gasteiger partial charge is 0.314 e. The average molecular weight is 280 g/mol. The Balaban J connectivity index is 1.57. The number of amides is 2. The third-order valence-corrected chi connectivity index (χ3v) is 3.68. The fraction of sp³-hybridized carbons (Fsp3) is 0.533. The van der Waals surface area contributed by atoms with Gasteiger partial charge in [0.25, 0.3) is 0 Å². The van der Waals surface area contributed by atoms with Gasteiger partial charge in [0, 0.05) is 13.1 Å². The number of hydrogen-bond acceptors (Lipinski definition) is 2. The standard InChI is InChI=1S/C15H21FN2O2/c16-13-6-1-4-12(10-13)5-2-9-17-14(19)18-11-15(20)7-3-8-15/h1,4,6,10,20H,2-3,5,7-9,11H2,(H2,17,18,19). The van der Waals surface area contributed by atoms with Crippen LogP contribution in [-0.4, -0.2) is 29.8 Å². The van der Waals surface area contributed by atoms with Gasteiger partial charge >= 0.3 is 6.03 Å². The van der Waals surface area contributed by atoms with Gasteiger partial charge in [-0.15, -0.1) is 0 Å². The van der Waals surface area contributed by atoms with Crippen LogP contribution in [0.15, 0.2) is 24.3 Å². The molecule has 4 nitrogen and oxygen atoms in total. The second kappa shape index (κ2) is 6.70. The van der Waals surface area contributed by atoms with Crippen LogP contribution in [0.5, 0.6) is 0 Å². The van der Waals surface area contributed by atoms with Crippen LogP contribution in [0.2, 0.25) is 0 Å². The van der Waals surface area contributed by atoms with Gasteiger partial charge in [-0.2, -0.15) is 0 Å². The fourth-order valence-corrected chi connectivity index (χ4v) is 2.26. The second-order valence-electron chi connectivity index (χ2n) is 5.42. The van der Waals surface area contributed by atoms with Gasteiger partial charge in [-0.1, -0.05) is 12.1 Å². The molecule has 5 heteroatoms. The zero-order valence-corrected chi connectivity index (χ0v) is 11.5. The minimum absolute atomic E-state index is 0.234. The lowest BCUT2D eigenvalue weighted by atomic mass is 9.80. The summed E-state index contributed by atoms with van der Waals surface area (Å²) in [6, 6.07) is 6.22. The molecule has 0 spiro atoms. The van der Waals surface area contributed by atoms with Crippen LogP contribution in [0, 0.1) is 5.82 Å². The summed E-state index contributed by atoms with van der Waals surface area (Å²) in [7, 11) is 0. The summed E-state index contributed by atoms with van der Waals surface area (Å²) in [5.41, 5.74) is 0.231. The van der Waals surface area contributed by atoms with Crippen LogP contribution in [0.4, 0.5) is 9.18 Å². The molecule has 0 bridgehead atoms. The first-order valence-corrected chi connectivity index (χ1v) is 7.06. The lowest BCUT2D eigenvalue weighted by Crippen LogP contribution is -2.50. The Hall–Kier alpha value is -1.62. The highest BCUT2D eigenvalue weighted by atomic mass is 19.1. The van der Waals surface area contributed by atoms with Crippen molar-refractivity contribution in [3.05, 3.63) is 35.6 Å². The van der Waals surface area contributed by atoms with Gasteiger partial charge in [-0.25, -0.2) is 9.18 Å². The molecule has 0 unspecified atom stereocenters. The van der Waals surface area contributed by atoms with Crippen molar-refractivity contribution in [2.24, 2.45) is 0 Å². The number of carbonyl (C=O) groups is 1. The maximum absolute atomic E-state index is 13.0. The predicted molar refractivity (Wildman–Crippen MR) is 74.9 cm³/mol. The minimum atomic E-state index is -0.696. The van der Waals surface area contributed by atoms with Gasteiger partial charge in [0.05, 0.1) is 5.60 Å². The molecule has 1 aromatic carbocycles. The average Bonchev–Trinajstić information content (AvgIpc) is 2.39. The van der Waals surface area contributed by atoms with E-state index in [0.29, 0.717) is 13.1 Å². The van der Waals surface area contributed by atoms with E-state index in [1.54, 1.807) is 6.07 Å². The molecule has 0 atom stereocenters. The van der Waals surface area contributed by atoms with Gasteiger partial charge in [0.1, 0.15) is 5.82 Å². The third kappa shape index (κ3) is 4.49. The number of benzene rings is 1. The van der Waals surface area contributed by atoms with Gasteiger partial charge in [-0.3, -0.25) is 0 Å². The van der Waals surface area contributed by atoms with Crippen LogP contribution in [0.25, 0.3) is 0 Å².